The van der Waals surface area contributed by atoms with Gasteiger partial charge in [-0.25, -0.2) is 17.8 Å². The Balaban J connectivity index is 1.89. The van der Waals surface area contributed by atoms with Crippen LogP contribution < -0.4 is 4.72 Å². The molecular formula is C17H12ClF3N4O3S. The van der Waals surface area contributed by atoms with Gasteiger partial charge in [0.05, 0.1) is 27.4 Å². The number of nitrogens with one attached hydrogen (secondary N) is 1. The van der Waals surface area contributed by atoms with Crippen molar-refractivity contribution in [3.63, 3.8) is 0 Å². The molecule has 3 rings (SSSR count). The normalized spacial score (nSPS) is 12.0. The summed E-state index contributed by atoms with van der Waals surface area (Å²) in [6.07, 6.45) is -3.81. The molecule has 1 amide bonds. The van der Waals surface area contributed by atoms with Gasteiger partial charge in [-0.1, -0.05) is 35.0 Å². The van der Waals surface area contributed by atoms with Gasteiger partial charge in [0.1, 0.15) is 0 Å². The summed E-state index contributed by atoms with van der Waals surface area (Å²) in [5.74, 6) is -1.24. The van der Waals surface area contributed by atoms with Gasteiger partial charge in [-0.2, -0.15) is 13.2 Å². The molecule has 0 spiro atoms. The minimum atomic E-state index is -4.92. The number of aryl methyl sites for hydroxylation is 1. The number of carbonyl (C=O) groups is 1. The number of hydrogen-bond acceptors (Lipinski definition) is 5. The van der Waals surface area contributed by atoms with Gasteiger partial charge in [0, 0.05) is 0 Å². The summed E-state index contributed by atoms with van der Waals surface area (Å²) in [7, 11) is -4.81. The van der Waals surface area contributed by atoms with Crippen molar-refractivity contribution >= 4 is 27.5 Å². The highest BCUT2D eigenvalue weighted by Crippen LogP contribution is 2.33. The molecule has 3 aromatic rings. The Morgan fingerprint density at radius 2 is 1.86 bits per heavy atom. The summed E-state index contributed by atoms with van der Waals surface area (Å²) in [4.78, 5) is 11.2. The third-order valence-electron chi connectivity index (χ3n) is 3.79. The lowest BCUT2D eigenvalue weighted by Gasteiger charge is -2.13. The van der Waals surface area contributed by atoms with Crippen molar-refractivity contribution in [1.29, 1.82) is 0 Å². The minimum absolute atomic E-state index is 0.314. The molecule has 0 saturated carbocycles. The second-order valence-corrected chi connectivity index (χ2v) is 7.99. The van der Waals surface area contributed by atoms with Crippen molar-refractivity contribution < 1.29 is 26.4 Å². The molecule has 29 heavy (non-hydrogen) atoms. The Labute approximate surface area is 168 Å². The first kappa shape index (κ1) is 20.8. The highest BCUT2D eigenvalue weighted by Gasteiger charge is 2.37. The van der Waals surface area contributed by atoms with Crippen molar-refractivity contribution in [2.45, 2.75) is 18.0 Å². The Morgan fingerprint density at radius 3 is 2.52 bits per heavy atom. The van der Waals surface area contributed by atoms with Gasteiger partial charge in [-0.15, -0.1) is 5.10 Å². The van der Waals surface area contributed by atoms with E-state index in [4.69, 9.17) is 11.6 Å². The van der Waals surface area contributed by atoms with E-state index in [1.807, 2.05) is 6.92 Å². The second-order valence-electron chi connectivity index (χ2n) is 5.93. The number of alkyl halides is 3. The van der Waals surface area contributed by atoms with E-state index in [0.29, 0.717) is 16.8 Å². The van der Waals surface area contributed by atoms with Crippen LogP contribution in [0.25, 0.3) is 5.69 Å². The molecule has 0 bridgehead atoms. The zero-order valence-corrected chi connectivity index (χ0v) is 16.2. The molecule has 1 N–H and O–H groups in total. The second kappa shape index (κ2) is 7.48. The van der Waals surface area contributed by atoms with Crippen molar-refractivity contribution in [2.24, 2.45) is 0 Å². The van der Waals surface area contributed by atoms with E-state index in [1.54, 1.807) is 22.9 Å². The smallest absolute Gasteiger partial charge is 0.266 e. The fourth-order valence-electron chi connectivity index (χ4n) is 2.45. The predicted octanol–water partition coefficient (Wildman–Crippen LogP) is 3.37. The van der Waals surface area contributed by atoms with Crippen LogP contribution in [0.15, 0.2) is 53.6 Å². The zero-order chi connectivity index (χ0) is 21.4. The summed E-state index contributed by atoms with van der Waals surface area (Å²) in [5, 5.41) is 7.58. The minimum Gasteiger partial charge on any atom is -0.266 e. The van der Waals surface area contributed by atoms with Crippen LogP contribution in [0.3, 0.4) is 0 Å². The molecule has 2 aromatic carbocycles. The molecule has 152 valence electrons. The van der Waals surface area contributed by atoms with E-state index in [0.717, 1.165) is 34.6 Å². The van der Waals surface area contributed by atoms with Gasteiger partial charge < -0.3 is 0 Å². The van der Waals surface area contributed by atoms with Crippen LogP contribution in [0.5, 0.6) is 0 Å². The topological polar surface area (TPSA) is 94.0 Å². The average molecular weight is 445 g/mol. The Morgan fingerprint density at radius 1 is 1.17 bits per heavy atom. The first-order valence-corrected chi connectivity index (χ1v) is 9.77. The SMILES string of the molecule is Cc1ccc(-n2cc(C(=O)NS(=O)(=O)c3ccccc3C(F)(F)F)nn2)c(Cl)c1. The molecule has 0 unspecified atom stereocenters. The molecular weight excluding hydrogens is 433 g/mol. The first-order valence-electron chi connectivity index (χ1n) is 7.91. The van der Waals surface area contributed by atoms with E-state index in [2.05, 4.69) is 10.3 Å². The standard InChI is InChI=1S/C17H12ClF3N4O3S/c1-10-6-7-14(12(18)8-10)25-9-13(22-24-25)16(26)23-29(27,28)15-5-3-2-4-11(15)17(19,20)21/h2-9H,1H3,(H,23,26). The maximum absolute atomic E-state index is 13.1. The molecule has 7 nitrogen and oxygen atoms in total. The zero-order valence-electron chi connectivity index (χ0n) is 14.6. The molecule has 0 saturated heterocycles. The first-order chi connectivity index (χ1) is 13.5. The lowest BCUT2D eigenvalue weighted by Crippen LogP contribution is -2.32. The molecule has 12 heteroatoms. The molecule has 0 aliphatic rings. The van der Waals surface area contributed by atoms with E-state index < -0.39 is 38.3 Å². The summed E-state index contributed by atoms with van der Waals surface area (Å²) in [6, 6.07) is 8.52. The third kappa shape index (κ3) is 4.40. The van der Waals surface area contributed by atoms with E-state index in [1.165, 1.54) is 0 Å². The number of aromatic nitrogens is 3. The van der Waals surface area contributed by atoms with E-state index in [-0.39, 0.29) is 0 Å². The number of nitrogens with zero attached hydrogens (tertiary/aromatic N) is 3. The van der Waals surface area contributed by atoms with Crippen molar-refractivity contribution in [3.8, 4) is 5.69 Å². The number of hydrogen-bond donors (Lipinski definition) is 1. The maximum atomic E-state index is 13.1. The molecule has 0 fully saturated rings. The van der Waals surface area contributed by atoms with E-state index in [9.17, 15) is 26.4 Å². The van der Waals surface area contributed by atoms with Crippen LogP contribution >= 0.6 is 11.6 Å². The van der Waals surface area contributed by atoms with Crippen LogP contribution in [0.1, 0.15) is 21.6 Å². The quantitative estimate of drug-likeness (QED) is 0.666. The van der Waals surface area contributed by atoms with Crippen LogP contribution in [0.4, 0.5) is 13.2 Å². The molecule has 1 aromatic heterocycles. The van der Waals surface area contributed by atoms with Gasteiger partial charge in [0.25, 0.3) is 15.9 Å². The summed E-state index contributed by atoms with van der Waals surface area (Å²) >= 11 is 6.11. The lowest BCUT2D eigenvalue weighted by atomic mass is 10.2. The fraction of sp³-hybridized carbons (Fsp3) is 0.118. The number of carbonyl (C=O) groups excluding carboxylic acids is 1. The van der Waals surface area contributed by atoms with E-state index >= 15 is 0 Å². The molecule has 0 radical (unpaired) electrons. The number of benzene rings is 2. The fourth-order valence-corrected chi connectivity index (χ4v) is 3.96. The lowest BCUT2D eigenvalue weighted by molar-refractivity contribution is -0.139. The predicted molar refractivity (Wildman–Crippen MR) is 97.2 cm³/mol. The van der Waals surface area contributed by atoms with Crippen molar-refractivity contribution in [1.82, 2.24) is 19.7 Å². The van der Waals surface area contributed by atoms with Crippen LogP contribution in [0, 0.1) is 6.92 Å². The average Bonchev–Trinajstić information content (AvgIpc) is 3.10. The highest BCUT2D eigenvalue weighted by atomic mass is 35.5. The largest absolute Gasteiger partial charge is 0.417 e. The van der Waals surface area contributed by atoms with Gasteiger partial charge in [0.2, 0.25) is 0 Å². The molecule has 1 heterocycles. The Kier molecular flexibility index (Phi) is 5.37. The number of amides is 1. The third-order valence-corrected chi connectivity index (χ3v) is 5.48. The molecule has 0 aliphatic heterocycles. The molecule has 0 aliphatic carbocycles. The summed E-state index contributed by atoms with van der Waals surface area (Å²) in [5.41, 5.74) is -0.551. The van der Waals surface area contributed by atoms with Gasteiger partial charge >= 0.3 is 6.18 Å². The summed E-state index contributed by atoms with van der Waals surface area (Å²) in [6.45, 7) is 1.82. The monoisotopic (exact) mass is 444 g/mol. The van der Waals surface area contributed by atoms with Crippen LogP contribution in [-0.4, -0.2) is 29.3 Å². The maximum Gasteiger partial charge on any atom is 0.417 e. The molecule has 0 atom stereocenters. The van der Waals surface area contributed by atoms with Gasteiger partial charge in [-0.3, -0.25) is 4.79 Å². The van der Waals surface area contributed by atoms with Gasteiger partial charge in [-0.05, 0) is 36.8 Å². The Hall–Kier alpha value is -2.92. The highest BCUT2D eigenvalue weighted by molar-refractivity contribution is 7.90. The number of halogens is 4. The Bertz CT molecular complexity index is 1190. The van der Waals surface area contributed by atoms with Crippen molar-refractivity contribution in [2.75, 3.05) is 0 Å². The number of sulfonamides is 1. The van der Waals surface area contributed by atoms with Crippen LogP contribution in [0.2, 0.25) is 5.02 Å². The van der Waals surface area contributed by atoms with Crippen LogP contribution in [-0.2, 0) is 16.2 Å². The summed E-state index contributed by atoms with van der Waals surface area (Å²) < 4.78 is 66.7. The number of rotatable bonds is 4. The van der Waals surface area contributed by atoms with Crippen molar-refractivity contribution in [3.05, 3.63) is 70.5 Å². The van der Waals surface area contributed by atoms with Gasteiger partial charge in [0.15, 0.2) is 5.69 Å².